The average Bonchev–Trinajstić information content (AvgIpc) is 2.44. The van der Waals surface area contributed by atoms with Gasteiger partial charge in [-0.15, -0.1) is 0 Å². The van der Waals surface area contributed by atoms with Gasteiger partial charge in [-0.3, -0.25) is 0 Å². The average molecular weight is 315 g/mol. The number of hydrogen-bond acceptors (Lipinski definition) is 6. The van der Waals surface area contributed by atoms with E-state index in [1.165, 1.54) is 12.1 Å². The Bertz CT molecular complexity index is 599. The molecule has 6 nitrogen and oxygen atoms in total. The number of likely N-dealkylation sites (N-methyl/N-ethyl adjacent to an activating group) is 1. The SMILES string of the molecule is CCOC(=O)C(C)(COc1cccc(S(C)(=O)=O)c1)NC. The van der Waals surface area contributed by atoms with Crippen LogP contribution in [0.2, 0.25) is 0 Å². The lowest BCUT2D eigenvalue weighted by Gasteiger charge is -2.26. The molecule has 0 aliphatic carbocycles. The minimum Gasteiger partial charge on any atom is -0.491 e. The van der Waals surface area contributed by atoms with Crippen LogP contribution in [0.3, 0.4) is 0 Å². The molecule has 0 amide bonds. The van der Waals surface area contributed by atoms with Crippen LogP contribution in [0, 0.1) is 0 Å². The minimum atomic E-state index is -3.30. The lowest BCUT2D eigenvalue weighted by atomic mass is 10.1. The van der Waals surface area contributed by atoms with Gasteiger partial charge < -0.3 is 14.8 Å². The Labute approximate surface area is 125 Å². The van der Waals surface area contributed by atoms with Crippen molar-refractivity contribution < 1.29 is 22.7 Å². The summed E-state index contributed by atoms with van der Waals surface area (Å²) in [5.74, 6) is -0.0459. The molecule has 0 aromatic heterocycles. The second-order valence-electron chi connectivity index (χ2n) is 4.84. The van der Waals surface area contributed by atoms with Crippen molar-refractivity contribution in [2.24, 2.45) is 0 Å². The van der Waals surface area contributed by atoms with E-state index in [-0.39, 0.29) is 18.1 Å². The van der Waals surface area contributed by atoms with Crippen molar-refractivity contribution in [1.29, 1.82) is 0 Å². The third kappa shape index (κ3) is 4.71. The maximum absolute atomic E-state index is 11.9. The summed E-state index contributed by atoms with van der Waals surface area (Å²) >= 11 is 0. The second-order valence-corrected chi connectivity index (χ2v) is 6.85. The van der Waals surface area contributed by atoms with Crippen molar-refractivity contribution in [2.45, 2.75) is 24.3 Å². The summed E-state index contributed by atoms with van der Waals surface area (Å²) in [6, 6.07) is 6.14. The van der Waals surface area contributed by atoms with Crippen LogP contribution in [0.15, 0.2) is 29.2 Å². The molecule has 1 aromatic carbocycles. The highest BCUT2D eigenvalue weighted by Crippen LogP contribution is 2.19. The first kappa shape index (κ1) is 17.5. The molecule has 1 rings (SSSR count). The Morgan fingerprint density at radius 2 is 2.05 bits per heavy atom. The summed E-state index contributed by atoms with van der Waals surface area (Å²) in [7, 11) is -1.66. The quantitative estimate of drug-likeness (QED) is 0.756. The first-order chi connectivity index (χ1) is 9.73. The van der Waals surface area contributed by atoms with Crippen molar-refractivity contribution >= 4 is 15.8 Å². The molecule has 0 aliphatic rings. The van der Waals surface area contributed by atoms with Crippen LogP contribution in [-0.4, -0.2) is 46.4 Å². The first-order valence-corrected chi connectivity index (χ1v) is 8.41. The van der Waals surface area contributed by atoms with Gasteiger partial charge in [0.2, 0.25) is 0 Å². The Balaban J connectivity index is 2.85. The van der Waals surface area contributed by atoms with Crippen molar-refractivity contribution in [3.8, 4) is 5.75 Å². The largest absolute Gasteiger partial charge is 0.491 e. The number of nitrogens with one attached hydrogen (secondary N) is 1. The molecule has 7 heteroatoms. The van der Waals surface area contributed by atoms with Crippen molar-refractivity contribution in [3.63, 3.8) is 0 Å². The summed E-state index contributed by atoms with van der Waals surface area (Å²) in [6.07, 6.45) is 1.13. The molecule has 0 bridgehead atoms. The molecule has 0 fully saturated rings. The number of esters is 1. The predicted octanol–water partition coefficient (Wildman–Crippen LogP) is 1.01. The van der Waals surface area contributed by atoms with Crippen LogP contribution in [0.1, 0.15) is 13.8 Å². The molecular formula is C14H21NO5S. The van der Waals surface area contributed by atoms with E-state index in [0.29, 0.717) is 5.75 Å². The van der Waals surface area contributed by atoms with Gasteiger partial charge in [0.15, 0.2) is 9.84 Å². The topological polar surface area (TPSA) is 81.7 Å². The molecule has 21 heavy (non-hydrogen) atoms. The fraction of sp³-hybridized carbons (Fsp3) is 0.500. The first-order valence-electron chi connectivity index (χ1n) is 6.52. The van der Waals surface area contributed by atoms with Gasteiger partial charge >= 0.3 is 5.97 Å². The van der Waals surface area contributed by atoms with Gasteiger partial charge in [-0.1, -0.05) is 6.07 Å². The monoisotopic (exact) mass is 315 g/mol. The number of sulfone groups is 1. The highest BCUT2D eigenvalue weighted by molar-refractivity contribution is 7.90. The molecule has 0 saturated heterocycles. The molecule has 0 radical (unpaired) electrons. The van der Waals surface area contributed by atoms with E-state index >= 15 is 0 Å². The number of rotatable bonds is 7. The lowest BCUT2D eigenvalue weighted by Crippen LogP contribution is -2.53. The summed E-state index contributed by atoms with van der Waals surface area (Å²) in [6.45, 7) is 3.69. The molecule has 1 N–H and O–H groups in total. The maximum Gasteiger partial charge on any atom is 0.329 e. The van der Waals surface area contributed by atoms with E-state index in [1.54, 1.807) is 33.0 Å². The standard InChI is InChI=1S/C14H21NO5S/c1-5-19-13(16)14(2,15-3)10-20-11-7-6-8-12(9-11)21(4,17)18/h6-9,15H,5,10H2,1-4H3. The number of hydrogen-bond donors (Lipinski definition) is 1. The zero-order valence-electron chi connectivity index (χ0n) is 12.7. The zero-order chi connectivity index (χ0) is 16.1. The smallest absolute Gasteiger partial charge is 0.329 e. The Morgan fingerprint density at radius 1 is 1.38 bits per heavy atom. The van der Waals surface area contributed by atoms with Gasteiger partial charge in [0.25, 0.3) is 0 Å². The maximum atomic E-state index is 11.9. The Morgan fingerprint density at radius 3 is 2.57 bits per heavy atom. The molecule has 0 saturated carbocycles. The van der Waals surface area contributed by atoms with Crippen LogP contribution in [0.4, 0.5) is 0 Å². The molecule has 0 heterocycles. The van der Waals surface area contributed by atoms with Crippen LogP contribution < -0.4 is 10.1 Å². The highest BCUT2D eigenvalue weighted by Gasteiger charge is 2.34. The van der Waals surface area contributed by atoms with E-state index in [9.17, 15) is 13.2 Å². The van der Waals surface area contributed by atoms with Gasteiger partial charge in [0, 0.05) is 6.26 Å². The number of benzene rings is 1. The molecular weight excluding hydrogens is 294 g/mol. The van der Waals surface area contributed by atoms with Crippen molar-refractivity contribution in [2.75, 3.05) is 26.5 Å². The molecule has 1 unspecified atom stereocenters. The summed E-state index contributed by atoms with van der Waals surface area (Å²) < 4.78 is 33.5. The molecule has 0 spiro atoms. The van der Waals surface area contributed by atoms with Crippen LogP contribution in [0.25, 0.3) is 0 Å². The molecule has 0 aliphatic heterocycles. The summed E-state index contributed by atoms with van der Waals surface area (Å²) in [5, 5.41) is 2.86. The van der Waals surface area contributed by atoms with Gasteiger partial charge in [0.1, 0.15) is 17.9 Å². The van der Waals surface area contributed by atoms with E-state index < -0.39 is 21.3 Å². The highest BCUT2D eigenvalue weighted by atomic mass is 32.2. The molecule has 118 valence electrons. The number of carbonyl (C=O) groups excluding carboxylic acids is 1. The third-order valence-corrected chi connectivity index (χ3v) is 4.15. The fourth-order valence-corrected chi connectivity index (χ4v) is 2.20. The van der Waals surface area contributed by atoms with Crippen molar-refractivity contribution in [1.82, 2.24) is 5.32 Å². The minimum absolute atomic E-state index is 0.0234. The lowest BCUT2D eigenvalue weighted by molar-refractivity contribution is -0.151. The third-order valence-electron chi connectivity index (χ3n) is 3.04. The van der Waals surface area contributed by atoms with Gasteiger partial charge in [-0.05, 0) is 39.1 Å². The van der Waals surface area contributed by atoms with E-state index in [2.05, 4.69) is 5.32 Å². The number of carbonyl (C=O) groups is 1. The number of ether oxygens (including phenoxy) is 2. The second kappa shape index (κ2) is 6.91. The zero-order valence-corrected chi connectivity index (χ0v) is 13.5. The summed E-state index contributed by atoms with van der Waals surface area (Å²) in [5.41, 5.74) is -1.00. The molecule has 1 aromatic rings. The van der Waals surface area contributed by atoms with E-state index in [0.717, 1.165) is 6.26 Å². The molecule has 1 atom stereocenters. The van der Waals surface area contributed by atoms with E-state index in [1.807, 2.05) is 0 Å². The van der Waals surface area contributed by atoms with Crippen LogP contribution >= 0.6 is 0 Å². The van der Waals surface area contributed by atoms with E-state index in [4.69, 9.17) is 9.47 Å². The van der Waals surface area contributed by atoms with Crippen LogP contribution in [-0.2, 0) is 19.4 Å². The Hall–Kier alpha value is -1.60. The fourth-order valence-electron chi connectivity index (χ4n) is 1.55. The van der Waals surface area contributed by atoms with Gasteiger partial charge in [0.05, 0.1) is 11.5 Å². The summed E-state index contributed by atoms with van der Waals surface area (Å²) in [4.78, 5) is 12.1. The van der Waals surface area contributed by atoms with Crippen LogP contribution in [0.5, 0.6) is 5.75 Å². The predicted molar refractivity (Wildman–Crippen MR) is 79.1 cm³/mol. The van der Waals surface area contributed by atoms with Gasteiger partial charge in [-0.25, -0.2) is 13.2 Å². The van der Waals surface area contributed by atoms with Crippen molar-refractivity contribution in [3.05, 3.63) is 24.3 Å². The van der Waals surface area contributed by atoms with Gasteiger partial charge in [-0.2, -0.15) is 0 Å². The Kier molecular flexibility index (Phi) is 5.74. The normalized spacial score (nSPS) is 14.3.